The lowest BCUT2D eigenvalue weighted by Gasteiger charge is -2.42. The summed E-state index contributed by atoms with van der Waals surface area (Å²) in [6, 6.07) is 6.13. The Hall–Kier alpha value is -2.60. The van der Waals surface area contributed by atoms with Gasteiger partial charge in [0.15, 0.2) is 0 Å². The molecule has 1 aromatic carbocycles. The van der Waals surface area contributed by atoms with Gasteiger partial charge < -0.3 is 21.7 Å². The van der Waals surface area contributed by atoms with Crippen molar-refractivity contribution in [1.82, 2.24) is 5.32 Å². The maximum Gasteiger partial charge on any atom is 0.256 e. The van der Waals surface area contributed by atoms with Gasteiger partial charge in [-0.2, -0.15) is 0 Å². The summed E-state index contributed by atoms with van der Waals surface area (Å²) in [4.78, 5) is 26.4. The molecule has 1 heterocycles. The highest BCUT2D eigenvalue weighted by Gasteiger charge is 2.42. The second-order valence-electron chi connectivity index (χ2n) is 6.36. The van der Waals surface area contributed by atoms with E-state index in [9.17, 15) is 9.59 Å². The molecule has 5 N–H and O–H groups in total. The van der Waals surface area contributed by atoms with Gasteiger partial charge in [0, 0.05) is 25.1 Å². The van der Waals surface area contributed by atoms with Crippen LogP contribution in [0.2, 0.25) is 0 Å². The Kier molecular flexibility index (Phi) is 3.93. The van der Waals surface area contributed by atoms with E-state index in [0.29, 0.717) is 0 Å². The minimum Gasteiger partial charge on any atom is -0.404 e. The first-order valence-electron chi connectivity index (χ1n) is 8.01. The van der Waals surface area contributed by atoms with Gasteiger partial charge in [-0.1, -0.05) is 6.07 Å². The van der Waals surface area contributed by atoms with E-state index in [1.165, 1.54) is 30.6 Å². The molecule has 0 fully saturated rings. The van der Waals surface area contributed by atoms with Crippen molar-refractivity contribution in [3.8, 4) is 0 Å². The van der Waals surface area contributed by atoms with E-state index in [1.807, 2.05) is 6.07 Å². The quantitative estimate of drug-likeness (QED) is 0.549. The van der Waals surface area contributed by atoms with Gasteiger partial charge in [0.25, 0.3) is 5.91 Å². The highest BCUT2D eigenvalue weighted by molar-refractivity contribution is 6.27. The van der Waals surface area contributed by atoms with Crippen LogP contribution in [0.5, 0.6) is 0 Å². The lowest BCUT2D eigenvalue weighted by atomic mass is 9.88. The summed E-state index contributed by atoms with van der Waals surface area (Å²) in [5, 5.41) is 2.49. The molecule has 1 aliphatic carbocycles. The Bertz CT molecular complexity index is 777. The van der Waals surface area contributed by atoms with Crippen molar-refractivity contribution in [2.24, 2.45) is 11.5 Å². The zero-order valence-corrected chi connectivity index (χ0v) is 13.9. The third-order valence-electron chi connectivity index (χ3n) is 4.79. The smallest absolute Gasteiger partial charge is 0.256 e. The third-order valence-corrected chi connectivity index (χ3v) is 4.79. The standard InChI is InChI=1S/C18H22N4O2/c1-18(20)15(9-19)16(23)14(17(24)21-2)10-22(18)13-7-6-11-4-3-5-12(11)8-13/h6-10H,3-5,19-20H2,1-2H3,(H,21,24)/b15-9-. The number of nitrogens with zero attached hydrogens (tertiary/aromatic N) is 1. The fourth-order valence-corrected chi connectivity index (χ4v) is 3.42. The molecule has 0 radical (unpaired) electrons. The lowest BCUT2D eigenvalue weighted by molar-refractivity contribution is -0.121. The van der Waals surface area contributed by atoms with Crippen LogP contribution in [0.1, 0.15) is 24.5 Å². The average Bonchev–Trinajstić information content (AvgIpc) is 3.01. The Morgan fingerprint density at radius 3 is 2.71 bits per heavy atom. The van der Waals surface area contributed by atoms with Crippen LogP contribution in [-0.4, -0.2) is 24.4 Å². The number of nitrogens with one attached hydrogen (secondary N) is 1. The summed E-state index contributed by atoms with van der Waals surface area (Å²) < 4.78 is 0. The number of aryl methyl sites for hydroxylation is 2. The zero-order valence-electron chi connectivity index (χ0n) is 13.9. The van der Waals surface area contributed by atoms with Crippen molar-refractivity contribution in [3.63, 3.8) is 0 Å². The highest BCUT2D eigenvalue weighted by Crippen LogP contribution is 2.35. The number of ketones is 1. The average molecular weight is 326 g/mol. The van der Waals surface area contributed by atoms with E-state index in [1.54, 1.807) is 11.8 Å². The molecular weight excluding hydrogens is 304 g/mol. The second kappa shape index (κ2) is 5.79. The van der Waals surface area contributed by atoms with Gasteiger partial charge in [0.1, 0.15) is 11.2 Å². The topological polar surface area (TPSA) is 101 Å². The number of fused-ring (bicyclic) bond motifs is 1. The number of carbonyl (C=O) groups excluding carboxylic acids is 2. The van der Waals surface area contributed by atoms with E-state index in [2.05, 4.69) is 17.4 Å². The molecular formula is C18H22N4O2. The van der Waals surface area contributed by atoms with Crippen LogP contribution < -0.4 is 21.7 Å². The van der Waals surface area contributed by atoms with Crippen molar-refractivity contribution in [2.75, 3.05) is 11.9 Å². The summed E-state index contributed by atoms with van der Waals surface area (Å²) >= 11 is 0. The number of amides is 1. The van der Waals surface area contributed by atoms with Gasteiger partial charge in [0.2, 0.25) is 5.78 Å². The van der Waals surface area contributed by atoms with Crippen LogP contribution in [0.25, 0.3) is 0 Å². The molecule has 2 aliphatic rings. The first-order valence-corrected chi connectivity index (χ1v) is 8.01. The Balaban J connectivity index is 2.14. The number of anilines is 1. The first-order chi connectivity index (χ1) is 11.4. The molecule has 3 rings (SSSR count). The van der Waals surface area contributed by atoms with Crippen molar-refractivity contribution >= 4 is 17.4 Å². The maximum atomic E-state index is 12.6. The molecule has 0 aromatic heterocycles. The molecule has 1 unspecified atom stereocenters. The normalized spacial score (nSPS) is 24.8. The number of benzene rings is 1. The maximum absolute atomic E-state index is 12.6. The largest absolute Gasteiger partial charge is 0.404 e. The number of carbonyl (C=O) groups is 2. The molecule has 126 valence electrons. The third kappa shape index (κ3) is 2.39. The summed E-state index contributed by atoms with van der Waals surface area (Å²) in [5.74, 6) is -0.903. The summed E-state index contributed by atoms with van der Waals surface area (Å²) in [7, 11) is 1.48. The van der Waals surface area contributed by atoms with E-state index in [4.69, 9.17) is 11.5 Å². The molecule has 1 aliphatic heterocycles. The van der Waals surface area contributed by atoms with E-state index in [0.717, 1.165) is 24.9 Å². The van der Waals surface area contributed by atoms with Crippen LogP contribution in [0, 0.1) is 0 Å². The molecule has 0 bridgehead atoms. The fourth-order valence-electron chi connectivity index (χ4n) is 3.42. The first kappa shape index (κ1) is 16.3. The predicted octanol–water partition coefficient (Wildman–Crippen LogP) is 0.712. The van der Waals surface area contributed by atoms with Gasteiger partial charge >= 0.3 is 0 Å². The molecule has 1 aromatic rings. The highest BCUT2D eigenvalue weighted by atomic mass is 16.2. The predicted molar refractivity (Wildman–Crippen MR) is 93.0 cm³/mol. The molecule has 24 heavy (non-hydrogen) atoms. The number of likely N-dealkylation sites (N-methyl/N-ethyl adjacent to an activating group) is 1. The van der Waals surface area contributed by atoms with Crippen molar-refractivity contribution in [3.05, 3.63) is 52.9 Å². The van der Waals surface area contributed by atoms with E-state index >= 15 is 0 Å². The minimum atomic E-state index is -1.13. The SMILES string of the molecule is CNC(=O)C1=CN(c2ccc3c(c2)CCC3)C(C)(N)/C(=C\N)C1=O. The van der Waals surface area contributed by atoms with Gasteiger partial charge in [-0.05, 0) is 49.4 Å². The summed E-state index contributed by atoms with van der Waals surface area (Å²) in [6.07, 6.45) is 5.97. The van der Waals surface area contributed by atoms with Crippen molar-refractivity contribution in [2.45, 2.75) is 31.8 Å². The zero-order chi connectivity index (χ0) is 17.5. The molecule has 0 spiro atoms. The van der Waals surface area contributed by atoms with Crippen LogP contribution in [-0.2, 0) is 22.4 Å². The molecule has 6 nitrogen and oxygen atoms in total. The minimum absolute atomic E-state index is 0.0256. The van der Waals surface area contributed by atoms with Crippen molar-refractivity contribution in [1.29, 1.82) is 0 Å². The summed E-state index contributed by atoms with van der Waals surface area (Å²) in [6.45, 7) is 1.72. The lowest BCUT2D eigenvalue weighted by Crippen LogP contribution is -2.58. The van der Waals surface area contributed by atoms with Gasteiger partial charge in [-0.25, -0.2) is 0 Å². The number of Topliss-reactive ketones (excluding diaryl/α,β-unsaturated/α-hetero) is 1. The Labute approximate surface area is 141 Å². The fraction of sp³-hybridized carbons (Fsp3) is 0.333. The van der Waals surface area contributed by atoms with Crippen LogP contribution in [0.3, 0.4) is 0 Å². The van der Waals surface area contributed by atoms with Crippen LogP contribution in [0.4, 0.5) is 5.69 Å². The number of hydrogen-bond acceptors (Lipinski definition) is 5. The van der Waals surface area contributed by atoms with Crippen LogP contribution >= 0.6 is 0 Å². The van der Waals surface area contributed by atoms with Gasteiger partial charge in [0.05, 0.1) is 5.57 Å². The number of rotatable bonds is 2. The Morgan fingerprint density at radius 1 is 1.33 bits per heavy atom. The van der Waals surface area contributed by atoms with E-state index < -0.39 is 17.4 Å². The van der Waals surface area contributed by atoms with Crippen LogP contribution in [0.15, 0.2) is 41.7 Å². The monoisotopic (exact) mass is 326 g/mol. The Morgan fingerprint density at radius 2 is 2.04 bits per heavy atom. The summed E-state index contributed by atoms with van der Waals surface area (Å²) in [5.41, 5.74) is 14.6. The molecule has 6 heteroatoms. The molecule has 0 saturated heterocycles. The molecule has 1 amide bonds. The van der Waals surface area contributed by atoms with Gasteiger partial charge in [-0.15, -0.1) is 0 Å². The second-order valence-corrected chi connectivity index (χ2v) is 6.36. The molecule has 1 atom stereocenters. The van der Waals surface area contributed by atoms with Gasteiger partial charge in [-0.3, -0.25) is 9.59 Å². The van der Waals surface area contributed by atoms with Crippen molar-refractivity contribution < 1.29 is 9.59 Å². The number of nitrogens with two attached hydrogens (primary N) is 2. The van der Waals surface area contributed by atoms with E-state index in [-0.39, 0.29) is 11.1 Å². The number of hydrogen-bond donors (Lipinski definition) is 3. The molecule has 0 saturated carbocycles.